The number of aromatic nitrogens is 2. The Kier molecular flexibility index (Phi) is 3.14. The highest BCUT2D eigenvalue weighted by atomic mass is 79.9. The van der Waals surface area contributed by atoms with Gasteiger partial charge in [0, 0.05) is 31.2 Å². The predicted molar refractivity (Wildman–Crippen MR) is 68.0 cm³/mol. The number of rotatable bonds is 3. The minimum Gasteiger partial charge on any atom is -0.271 e. The molecule has 1 saturated heterocycles. The van der Waals surface area contributed by atoms with Gasteiger partial charge in [-0.3, -0.25) is 4.68 Å². The van der Waals surface area contributed by atoms with Crippen LogP contribution in [0, 0.1) is 0 Å². The molecule has 2 heterocycles. The standard InChI is InChI=1S/C10H16BrN3S/c1-4-10(6-14(7-10)15-3)8-5-9(11)12-13(8)2/h5H,4,6-7H2,1-3H3. The van der Waals surface area contributed by atoms with Crippen LogP contribution in [0.1, 0.15) is 19.0 Å². The molecule has 1 aromatic heterocycles. The SMILES string of the molecule is CCC1(c2cc(Br)nn2C)CN(SC)C1. The maximum absolute atomic E-state index is 4.37. The van der Waals surface area contributed by atoms with Crippen LogP contribution in [0.4, 0.5) is 0 Å². The van der Waals surface area contributed by atoms with Crippen molar-refractivity contribution < 1.29 is 0 Å². The van der Waals surface area contributed by atoms with E-state index in [0.29, 0.717) is 5.41 Å². The van der Waals surface area contributed by atoms with Crippen LogP contribution in [-0.4, -0.2) is 33.4 Å². The van der Waals surface area contributed by atoms with Crippen molar-refractivity contribution in [2.75, 3.05) is 19.3 Å². The summed E-state index contributed by atoms with van der Waals surface area (Å²) in [6.45, 7) is 4.53. The fourth-order valence-corrected chi connectivity index (χ4v) is 3.46. The molecule has 0 saturated carbocycles. The summed E-state index contributed by atoms with van der Waals surface area (Å²) in [6.07, 6.45) is 3.31. The molecular weight excluding hydrogens is 274 g/mol. The van der Waals surface area contributed by atoms with Gasteiger partial charge in [0.05, 0.1) is 0 Å². The third kappa shape index (κ3) is 1.85. The largest absolute Gasteiger partial charge is 0.271 e. The van der Waals surface area contributed by atoms with E-state index in [1.54, 1.807) is 0 Å². The quantitative estimate of drug-likeness (QED) is 0.798. The summed E-state index contributed by atoms with van der Waals surface area (Å²) in [6, 6.07) is 2.15. The summed E-state index contributed by atoms with van der Waals surface area (Å²) in [5, 5.41) is 4.37. The molecule has 0 aliphatic carbocycles. The van der Waals surface area contributed by atoms with Gasteiger partial charge in [-0.1, -0.05) is 18.9 Å². The molecular formula is C10H16BrN3S. The molecule has 0 radical (unpaired) electrons. The second kappa shape index (κ2) is 4.11. The second-order valence-corrected chi connectivity index (χ2v) is 5.78. The van der Waals surface area contributed by atoms with Crippen LogP contribution in [0.5, 0.6) is 0 Å². The monoisotopic (exact) mass is 289 g/mol. The van der Waals surface area contributed by atoms with Crippen molar-refractivity contribution in [3.63, 3.8) is 0 Å². The molecule has 3 nitrogen and oxygen atoms in total. The zero-order chi connectivity index (χ0) is 11.1. The van der Waals surface area contributed by atoms with Gasteiger partial charge in [-0.15, -0.1) is 0 Å². The first kappa shape index (κ1) is 11.5. The molecule has 0 N–H and O–H groups in total. The fraction of sp³-hybridized carbons (Fsp3) is 0.700. The van der Waals surface area contributed by atoms with Crippen LogP contribution in [0.3, 0.4) is 0 Å². The van der Waals surface area contributed by atoms with Crippen molar-refractivity contribution >= 4 is 27.9 Å². The molecule has 0 bridgehead atoms. The molecule has 1 aliphatic rings. The summed E-state index contributed by atoms with van der Waals surface area (Å²) in [5.74, 6) is 0. The van der Waals surface area contributed by atoms with E-state index in [0.717, 1.165) is 17.7 Å². The number of halogens is 1. The molecule has 0 atom stereocenters. The van der Waals surface area contributed by atoms with Crippen molar-refractivity contribution in [3.8, 4) is 0 Å². The first-order valence-corrected chi connectivity index (χ1v) is 7.08. The van der Waals surface area contributed by atoms with Crippen molar-refractivity contribution in [2.24, 2.45) is 7.05 Å². The van der Waals surface area contributed by atoms with Crippen molar-refractivity contribution in [3.05, 3.63) is 16.4 Å². The van der Waals surface area contributed by atoms with Crippen LogP contribution < -0.4 is 0 Å². The number of nitrogens with zero attached hydrogens (tertiary/aromatic N) is 3. The van der Waals surface area contributed by atoms with E-state index < -0.39 is 0 Å². The number of aryl methyl sites for hydroxylation is 1. The minimum absolute atomic E-state index is 0.316. The van der Waals surface area contributed by atoms with E-state index in [2.05, 4.69) is 44.6 Å². The lowest BCUT2D eigenvalue weighted by Crippen LogP contribution is -2.56. The van der Waals surface area contributed by atoms with Crippen molar-refractivity contribution in [2.45, 2.75) is 18.8 Å². The molecule has 84 valence electrons. The van der Waals surface area contributed by atoms with Crippen LogP contribution >= 0.6 is 27.9 Å². The summed E-state index contributed by atoms with van der Waals surface area (Å²) >= 11 is 5.27. The molecule has 0 spiro atoms. The Morgan fingerprint density at radius 1 is 1.60 bits per heavy atom. The summed E-state index contributed by atoms with van der Waals surface area (Å²) in [4.78, 5) is 0. The Hall–Kier alpha value is -0.0000000000000000555. The maximum Gasteiger partial charge on any atom is 0.128 e. The minimum atomic E-state index is 0.316. The zero-order valence-electron chi connectivity index (χ0n) is 9.33. The van der Waals surface area contributed by atoms with Gasteiger partial charge >= 0.3 is 0 Å². The smallest absolute Gasteiger partial charge is 0.128 e. The third-order valence-electron chi connectivity index (χ3n) is 3.29. The molecule has 0 amide bonds. The first-order valence-electron chi connectivity index (χ1n) is 5.10. The Bertz CT molecular complexity index is 358. The topological polar surface area (TPSA) is 21.1 Å². The highest BCUT2D eigenvalue weighted by Crippen LogP contribution is 2.40. The van der Waals surface area contributed by atoms with Gasteiger partial charge in [0.25, 0.3) is 0 Å². The van der Waals surface area contributed by atoms with E-state index in [1.165, 1.54) is 12.1 Å². The summed E-state index contributed by atoms with van der Waals surface area (Å²) in [5.41, 5.74) is 1.67. The molecule has 2 rings (SSSR count). The highest BCUT2D eigenvalue weighted by molar-refractivity contribution is 9.10. The van der Waals surface area contributed by atoms with Gasteiger partial charge < -0.3 is 0 Å². The van der Waals surface area contributed by atoms with E-state index >= 15 is 0 Å². The summed E-state index contributed by atoms with van der Waals surface area (Å²) < 4.78 is 5.34. The normalized spacial score (nSPS) is 20.3. The van der Waals surface area contributed by atoms with Crippen molar-refractivity contribution in [1.82, 2.24) is 14.1 Å². The van der Waals surface area contributed by atoms with E-state index in [4.69, 9.17) is 0 Å². The average molecular weight is 290 g/mol. The molecule has 0 aromatic carbocycles. The van der Waals surface area contributed by atoms with E-state index in [9.17, 15) is 0 Å². The van der Waals surface area contributed by atoms with E-state index in [1.807, 2.05) is 23.7 Å². The van der Waals surface area contributed by atoms with Gasteiger partial charge in [0.2, 0.25) is 0 Å². The number of hydrogen-bond donors (Lipinski definition) is 0. The van der Waals surface area contributed by atoms with Crippen LogP contribution in [-0.2, 0) is 12.5 Å². The molecule has 5 heteroatoms. The van der Waals surface area contributed by atoms with Crippen LogP contribution in [0.2, 0.25) is 0 Å². The Morgan fingerprint density at radius 3 is 2.67 bits per heavy atom. The van der Waals surface area contributed by atoms with Gasteiger partial charge in [0.1, 0.15) is 4.60 Å². The van der Waals surface area contributed by atoms with Gasteiger partial charge in [0.15, 0.2) is 0 Å². The Morgan fingerprint density at radius 2 is 2.27 bits per heavy atom. The maximum atomic E-state index is 4.37. The van der Waals surface area contributed by atoms with Gasteiger partial charge in [-0.05, 0) is 34.7 Å². The highest BCUT2D eigenvalue weighted by Gasteiger charge is 2.44. The van der Waals surface area contributed by atoms with Gasteiger partial charge in [-0.25, -0.2) is 4.31 Å². The first-order chi connectivity index (χ1) is 7.11. The van der Waals surface area contributed by atoms with Crippen molar-refractivity contribution in [1.29, 1.82) is 0 Å². The van der Waals surface area contributed by atoms with Crippen LogP contribution in [0.15, 0.2) is 10.7 Å². The molecule has 1 fully saturated rings. The second-order valence-electron chi connectivity index (χ2n) is 4.09. The number of hydrogen-bond acceptors (Lipinski definition) is 3. The molecule has 0 unspecified atom stereocenters. The predicted octanol–water partition coefficient (Wildman–Crippen LogP) is 2.42. The van der Waals surface area contributed by atoms with Gasteiger partial charge in [-0.2, -0.15) is 5.10 Å². The van der Waals surface area contributed by atoms with E-state index in [-0.39, 0.29) is 0 Å². The lowest BCUT2D eigenvalue weighted by molar-refractivity contribution is 0.152. The molecule has 1 aliphatic heterocycles. The Labute approximate surface area is 103 Å². The van der Waals surface area contributed by atoms with Crippen LogP contribution in [0.25, 0.3) is 0 Å². The lowest BCUT2D eigenvalue weighted by Gasteiger charge is -2.48. The summed E-state index contributed by atoms with van der Waals surface area (Å²) in [7, 11) is 2.03. The lowest BCUT2D eigenvalue weighted by atomic mass is 9.76. The molecule has 1 aromatic rings. The fourth-order valence-electron chi connectivity index (χ4n) is 2.25. The molecule has 15 heavy (non-hydrogen) atoms. The average Bonchev–Trinajstić information content (AvgIpc) is 2.46. The zero-order valence-corrected chi connectivity index (χ0v) is 11.7. The Balaban J connectivity index is 2.25. The third-order valence-corrected chi connectivity index (χ3v) is 4.45.